The third-order valence-electron chi connectivity index (χ3n) is 3.02. The molecule has 19 heavy (non-hydrogen) atoms. The van der Waals surface area contributed by atoms with E-state index in [0.29, 0.717) is 12.8 Å². The summed E-state index contributed by atoms with van der Waals surface area (Å²) in [6.45, 7) is 0.155. The molecule has 4 heteroatoms. The SMILES string of the molecule is OCCCc1nccc(-c2coc3ccccc23)n1. The lowest BCUT2D eigenvalue weighted by atomic mass is 10.1. The number of hydrogen-bond donors (Lipinski definition) is 1. The van der Waals surface area contributed by atoms with Gasteiger partial charge in [0.2, 0.25) is 0 Å². The third-order valence-corrected chi connectivity index (χ3v) is 3.02. The first kappa shape index (κ1) is 11.9. The van der Waals surface area contributed by atoms with Crippen LogP contribution in [0, 0.1) is 0 Å². The van der Waals surface area contributed by atoms with Crippen molar-refractivity contribution in [2.75, 3.05) is 6.61 Å². The molecule has 96 valence electrons. The minimum atomic E-state index is 0.155. The van der Waals surface area contributed by atoms with Gasteiger partial charge in [0, 0.05) is 30.2 Å². The molecule has 2 heterocycles. The smallest absolute Gasteiger partial charge is 0.134 e. The maximum atomic E-state index is 8.85. The van der Waals surface area contributed by atoms with Crippen molar-refractivity contribution >= 4 is 11.0 Å². The van der Waals surface area contributed by atoms with E-state index in [-0.39, 0.29) is 6.61 Å². The van der Waals surface area contributed by atoms with E-state index >= 15 is 0 Å². The molecule has 0 spiro atoms. The zero-order chi connectivity index (χ0) is 13.1. The lowest BCUT2D eigenvalue weighted by molar-refractivity contribution is 0.287. The Kier molecular flexibility index (Phi) is 3.25. The molecule has 0 atom stereocenters. The summed E-state index contributed by atoms with van der Waals surface area (Å²) in [5.74, 6) is 0.747. The monoisotopic (exact) mass is 254 g/mol. The van der Waals surface area contributed by atoms with Gasteiger partial charge in [0.25, 0.3) is 0 Å². The van der Waals surface area contributed by atoms with E-state index in [1.165, 1.54) is 0 Å². The van der Waals surface area contributed by atoms with Gasteiger partial charge in [-0.3, -0.25) is 0 Å². The van der Waals surface area contributed by atoms with Crippen molar-refractivity contribution in [3.63, 3.8) is 0 Å². The maximum Gasteiger partial charge on any atom is 0.134 e. The Morgan fingerprint density at radius 3 is 2.95 bits per heavy atom. The van der Waals surface area contributed by atoms with Crippen molar-refractivity contribution in [2.45, 2.75) is 12.8 Å². The van der Waals surface area contributed by atoms with E-state index in [1.807, 2.05) is 30.3 Å². The Labute approximate surface area is 110 Å². The minimum absolute atomic E-state index is 0.155. The molecule has 0 radical (unpaired) electrons. The second-order valence-electron chi connectivity index (χ2n) is 4.33. The fraction of sp³-hybridized carbons (Fsp3) is 0.200. The van der Waals surface area contributed by atoms with Gasteiger partial charge in [-0.2, -0.15) is 0 Å². The molecule has 2 aromatic heterocycles. The van der Waals surface area contributed by atoms with E-state index in [1.54, 1.807) is 12.5 Å². The van der Waals surface area contributed by atoms with Crippen LogP contribution in [0.3, 0.4) is 0 Å². The fourth-order valence-electron chi connectivity index (χ4n) is 2.08. The fourth-order valence-corrected chi connectivity index (χ4v) is 2.08. The molecule has 0 aliphatic heterocycles. The van der Waals surface area contributed by atoms with Gasteiger partial charge < -0.3 is 9.52 Å². The molecule has 0 unspecified atom stereocenters. The van der Waals surface area contributed by atoms with Gasteiger partial charge >= 0.3 is 0 Å². The number of aryl methyl sites for hydroxylation is 1. The van der Waals surface area contributed by atoms with E-state index in [4.69, 9.17) is 9.52 Å². The first-order chi connectivity index (χ1) is 9.38. The molecule has 0 aliphatic carbocycles. The van der Waals surface area contributed by atoms with Crippen LogP contribution in [-0.2, 0) is 6.42 Å². The minimum Gasteiger partial charge on any atom is -0.464 e. The summed E-state index contributed by atoms with van der Waals surface area (Å²) < 4.78 is 5.52. The molecule has 4 nitrogen and oxygen atoms in total. The summed E-state index contributed by atoms with van der Waals surface area (Å²) in [7, 11) is 0. The van der Waals surface area contributed by atoms with Crippen LogP contribution < -0.4 is 0 Å². The number of rotatable bonds is 4. The average Bonchev–Trinajstić information content (AvgIpc) is 2.89. The quantitative estimate of drug-likeness (QED) is 0.777. The van der Waals surface area contributed by atoms with Crippen molar-refractivity contribution < 1.29 is 9.52 Å². The molecular weight excluding hydrogens is 240 g/mol. The van der Waals surface area contributed by atoms with Crippen molar-refractivity contribution in [2.24, 2.45) is 0 Å². The second-order valence-corrected chi connectivity index (χ2v) is 4.33. The molecule has 3 aromatic rings. The molecule has 3 rings (SSSR count). The van der Waals surface area contributed by atoms with Crippen LogP contribution in [0.1, 0.15) is 12.2 Å². The molecule has 0 saturated carbocycles. The van der Waals surface area contributed by atoms with Crippen molar-refractivity contribution in [1.82, 2.24) is 9.97 Å². The van der Waals surface area contributed by atoms with E-state index < -0.39 is 0 Å². The first-order valence-electron chi connectivity index (χ1n) is 6.28. The topological polar surface area (TPSA) is 59.2 Å². The third kappa shape index (κ3) is 2.35. The lowest BCUT2D eigenvalue weighted by Crippen LogP contribution is -1.97. The number of fused-ring (bicyclic) bond motifs is 1. The van der Waals surface area contributed by atoms with Crippen LogP contribution in [0.15, 0.2) is 47.2 Å². The van der Waals surface area contributed by atoms with Crippen LogP contribution in [0.25, 0.3) is 22.2 Å². The predicted octanol–water partition coefficient (Wildman–Crippen LogP) is 2.81. The Hall–Kier alpha value is -2.20. The standard InChI is InChI=1S/C15H14N2O2/c18-9-3-6-15-16-8-7-13(17-15)12-10-19-14-5-2-1-4-11(12)14/h1-2,4-5,7-8,10,18H,3,6,9H2. The summed E-state index contributed by atoms with van der Waals surface area (Å²) in [5.41, 5.74) is 2.68. The van der Waals surface area contributed by atoms with E-state index in [9.17, 15) is 0 Å². The second kappa shape index (κ2) is 5.20. The van der Waals surface area contributed by atoms with Gasteiger partial charge in [-0.1, -0.05) is 18.2 Å². The summed E-state index contributed by atoms with van der Waals surface area (Å²) in [6, 6.07) is 9.76. The highest BCUT2D eigenvalue weighted by molar-refractivity contribution is 5.92. The number of aliphatic hydroxyl groups excluding tert-OH is 1. The Morgan fingerprint density at radius 2 is 2.05 bits per heavy atom. The van der Waals surface area contributed by atoms with Crippen LogP contribution in [0.4, 0.5) is 0 Å². The molecule has 1 N–H and O–H groups in total. The molecule has 0 aliphatic rings. The predicted molar refractivity (Wildman–Crippen MR) is 72.6 cm³/mol. The zero-order valence-corrected chi connectivity index (χ0v) is 10.4. The van der Waals surface area contributed by atoms with Crippen molar-refractivity contribution in [3.05, 3.63) is 48.6 Å². The summed E-state index contributed by atoms with van der Waals surface area (Å²) in [4.78, 5) is 8.73. The van der Waals surface area contributed by atoms with Gasteiger partial charge in [-0.15, -0.1) is 0 Å². The molecular formula is C15H14N2O2. The largest absolute Gasteiger partial charge is 0.464 e. The Morgan fingerprint density at radius 1 is 1.16 bits per heavy atom. The van der Waals surface area contributed by atoms with Crippen molar-refractivity contribution in [1.29, 1.82) is 0 Å². The van der Waals surface area contributed by atoms with Crippen LogP contribution in [0.5, 0.6) is 0 Å². The van der Waals surface area contributed by atoms with Crippen LogP contribution in [-0.4, -0.2) is 21.7 Å². The number of furan rings is 1. The molecule has 1 aromatic carbocycles. The molecule has 0 bridgehead atoms. The summed E-state index contributed by atoms with van der Waals surface area (Å²) in [5, 5.41) is 9.90. The van der Waals surface area contributed by atoms with Gasteiger partial charge in [0.05, 0.1) is 5.69 Å². The van der Waals surface area contributed by atoms with Crippen molar-refractivity contribution in [3.8, 4) is 11.3 Å². The number of aromatic nitrogens is 2. The lowest BCUT2D eigenvalue weighted by Gasteiger charge is -2.01. The Balaban J connectivity index is 2.01. The van der Waals surface area contributed by atoms with E-state index in [0.717, 1.165) is 28.1 Å². The van der Waals surface area contributed by atoms with Gasteiger partial charge in [0.15, 0.2) is 0 Å². The highest BCUT2D eigenvalue weighted by Gasteiger charge is 2.09. The van der Waals surface area contributed by atoms with Gasteiger partial charge in [-0.25, -0.2) is 9.97 Å². The molecule has 0 fully saturated rings. The Bertz CT molecular complexity index is 691. The summed E-state index contributed by atoms with van der Waals surface area (Å²) in [6.07, 6.45) is 4.83. The normalized spacial score (nSPS) is 11.0. The number of benzene rings is 1. The number of aliphatic hydroxyl groups is 1. The van der Waals surface area contributed by atoms with E-state index in [2.05, 4.69) is 9.97 Å². The van der Waals surface area contributed by atoms with Crippen LogP contribution in [0.2, 0.25) is 0 Å². The highest BCUT2D eigenvalue weighted by Crippen LogP contribution is 2.28. The number of para-hydroxylation sites is 1. The average molecular weight is 254 g/mol. The highest BCUT2D eigenvalue weighted by atomic mass is 16.3. The number of nitrogens with zero attached hydrogens (tertiary/aromatic N) is 2. The molecule has 0 saturated heterocycles. The van der Waals surface area contributed by atoms with Gasteiger partial charge in [0.1, 0.15) is 17.7 Å². The van der Waals surface area contributed by atoms with Crippen LogP contribution >= 0.6 is 0 Å². The first-order valence-corrected chi connectivity index (χ1v) is 6.28. The maximum absolute atomic E-state index is 8.85. The number of hydrogen-bond acceptors (Lipinski definition) is 4. The summed E-state index contributed by atoms with van der Waals surface area (Å²) >= 11 is 0. The zero-order valence-electron chi connectivity index (χ0n) is 10.4. The molecule has 0 amide bonds. The van der Waals surface area contributed by atoms with Gasteiger partial charge in [-0.05, 0) is 18.6 Å².